The molecule has 0 N–H and O–H groups in total. The molecule has 0 saturated carbocycles. The van der Waals surface area contributed by atoms with Crippen LogP contribution in [-0.4, -0.2) is 57.7 Å². The van der Waals surface area contributed by atoms with E-state index in [1.807, 2.05) is 13.0 Å². The molecule has 0 aliphatic carbocycles. The first-order valence-corrected chi connectivity index (χ1v) is 8.17. The van der Waals surface area contributed by atoms with E-state index in [0.717, 1.165) is 18.8 Å². The molecule has 3 fully saturated rings. The Hall–Kier alpha value is -1.36. The summed E-state index contributed by atoms with van der Waals surface area (Å²) < 4.78 is 1.80. The molecule has 2 atom stereocenters. The van der Waals surface area contributed by atoms with Gasteiger partial charge in [-0.25, -0.2) is 0 Å². The monoisotopic (exact) mass is 290 g/mol. The Bertz CT molecular complexity index is 498. The van der Waals surface area contributed by atoms with E-state index < -0.39 is 0 Å². The lowest BCUT2D eigenvalue weighted by molar-refractivity contribution is -0.132. The van der Waals surface area contributed by atoms with Crippen molar-refractivity contribution >= 4 is 5.91 Å². The molecule has 1 aromatic rings. The van der Waals surface area contributed by atoms with Crippen LogP contribution in [0.1, 0.15) is 31.9 Å². The van der Waals surface area contributed by atoms with E-state index in [-0.39, 0.29) is 5.91 Å². The molecule has 0 spiro atoms. The third-order valence-corrected chi connectivity index (χ3v) is 4.90. The Balaban J connectivity index is 1.66. The summed E-state index contributed by atoms with van der Waals surface area (Å²) in [7, 11) is 0. The van der Waals surface area contributed by atoms with Crippen LogP contribution in [0.5, 0.6) is 0 Å². The van der Waals surface area contributed by atoms with Crippen molar-refractivity contribution in [2.75, 3.05) is 26.2 Å². The normalized spacial score (nSPS) is 26.1. The number of fused-ring (bicyclic) bond motifs is 4. The standard InChI is InChI=1S/C16H26N4O/c1-3-8-18-9-14-4-5-15(18)11-19(10-14)16(21)12-20-13(2)6-7-17-20/h6-7,14-15H,3-5,8-12H2,1-2H3/t14-,15-/m1/s1. The van der Waals surface area contributed by atoms with Gasteiger partial charge in [-0.05, 0) is 44.7 Å². The van der Waals surface area contributed by atoms with Crippen LogP contribution >= 0.6 is 0 Å². The summed E-state index contributed by atoms with van der Waals surface area (Å²) in [6.45, 7) is 8.78. The maximum Gasteiger partial charge on any atom is 0.244 e. The van der Waals surface area contributed by atoms with Crippen molar-refractivity contribution in [2.45, 2.75) is 45.7 Å². The molecule has 1 amide bonds. The molecule has 3 aliphatic rings. The van der Waals surface area contributed by atoms with Crippen molar-refractivity contribution in [1.82, 2.24) is 19.6 Å². The maximum absolute atomic E-state index is 12.6. The molecule has 1 aromatic heterocycles. The molecule has 116 valence electrons. The van der Waals surface area contributed by atoms with Gasteiger partial charge in [0.05, 0.1) is 0 Å². The number of carbonyl (C=O) groups excluding carboxylic acids is 1. The van der Waals surface area contributed by atoms with Crippen LogP contribution in [0.15, 0.2) is 12.3 Å². The minimum Gasteiger partial charge on any atom is -0.339 e. The van der Waals surface area contributed by atoms with Gasteiger partial charge in [0.15, 0.2) is 0 Å². The van der Waals surface area contributed by atoms with Gasteiger partial charge >= 0.3 is 0 Å². The second-order valence-electron chi connectivity index (χ2n) is 6.52. The smallest absolute Gasteiger partial charge is 0.244 e. The molecule has 4 rings (SSSR count). The van der Waals surface area contributed by atoms with Crippen LogP contribution in [0, 0.1) is 12.8 Å². The van der Waals surface area contributed by atoms with Gasteiger partial charge in [0.25, 0.3) is 0 Å². The summed E-state index contributed by atoms with van der Waals surface area (Å²) in [6.07, 6.45) is 5.48. The fourth-order valence-electron chi connectivity index (χ4n) is 3.74. The van der Waals surface area contributed by atoms with E-state index in [2.05, 4.69) is 21.8 Å². The first kappa shape index (κ1) is 14.6. The van der Waals surface area contributed by atoms with Gasteiger partial charge in [-0.1, -0.05) is 6.92 Å². The zero-order chi connectivity index (χ0) is 14.8. The second kappa shape index (κ2) is 6.18. The molecule has 0 unspecified atom stereocenters. The predicted molar refractivity (Wildman–Crippen MR) is 81.9 cm³/mol. The first-order valence-electron chi connectivity index (χ1n) is 8.17. The Morgan fingerprint density at radius 2 is 2.19 bits per heavy atom. The van der Waals surface area contributed by atoms with Gasteiger partial charge in [0, 0.05) is 37.6 Å². The summed E-state index contributed by atoms with van der Waals surface area (Å²) in [5.41, 5.74) is 1.05. The van der Waals surface area contributed by atoms with Crippen molar-refractivity contribution in [3.8, 4) is 0 Å². The summed E-state index contributed by atoms with van der Waals surface area (Å²) in [6, 6.07) is 2.51. The second-order valence-corrected chi connectivity index (χ2v) is 6.52. The summed E-state index contributed by atoms with van der Waals surface area (Å²) in [4.78, 5) is 17.3. The lowest BCUT2D eigenvalue weighted by atomic mass is 9.95. The van der Waals surface area contributed by atoms with E-state index in [1.165, 1.54) is 32.4 Å². The first-order chi connectivity index (χ1) is 10.2. The maximum atomic E-state index is 12.6. The Morgan fingerprint density at radius 3 is 2.90 bits per heavy atom. The summed E-state index contributed by atoms with van der Waals surface area (Å²) in [5, 5.41) is 4.23. The van der Waals surface area contributed by atoms with Crippen LogP contribution < -0.4 is 0 Å². The highest BCUT2D eigenvalue weighted by Gasteiger charge is 2.35. The van der Waals surface area contributed by atoms with Crippen LogP contribution in [0.2, 0.25) is 0 Å². The third kappa shape index (κ3) is 3.12. The highest BCUT2D eigenvalue weighted by atomic mass is 16.2. The minimum absolute atomic E-state index is 0.219. The number of carbonyl (C=O) groups is 1. The fraction of sp³-hybridized carbons (Fsp3) is 0.750. The molecule has 3 aliphatic heterocycles. The zero-order valence-electron chi connectivity index (χ0n) is 13.2. The van der Waals surface area contributed by atoms with Crippen molar-refractivity contribution in [1.29, 1.82) is 0 Å². The predicted octanol–water partition coefficient (Wildman–Crippen LogP) is 1.52. The van der Waals surface area contributed by atoms with Gasteiger partial charge in [-0.15, -0.1) is 0 Å². The highest BCUT2D eigenvalue weighted by Crippen LogP contribution is 2.28. The van der Waals surface area contributed by atoms with Gasteiger partial charge in [0.1, 0.15) is 6.54 Å². The Kier molecular flexibility index (Phi) is 4.29. The van der Waals surface area contributed by atoms with Gasteiger partial charge in [-0.2, -0.15) is 5.10 Å². The minimum atomic E-state index is 0.219. The van der Waals surface area contributed by atoms with Gasteiger partial charge in [0.2, 0.25) is 5.91 Å². The van der Waals surface area contributed by atoms with Gasteiger partial charge in [-0.3, -0.25) is 14.4 Å². The highest BCUT2D eigenvalue weighted by molar-refractivity contribution is 5.76. The molecule has 4 heterocycles. The topological polar surface area (TPSA) is 41.4 Å². The van der Waals surface area contributed by atoms with Crippen molar-refractivity contribution < 1.29 is 4.79 Å². The SMILES string of the molecule is CCCN1C[C@H]2CC[C@@H]1CN(C(=O)Cn1nccc1C)C2. The molecular formula is C16H26N4O. The summed E-state index contributed by atoms with van der Waals surface area (Å²) >= 11 is 0. The molecule has 2 bridgehead atoms. The van der Waals surface area contributed by atoms with Crippen LogP contribution in [0.4, 0.5) is 0 Å². The third-order valence-electron chi connectivity index (χ3n) is 4.90. The quantitative estimate of drug-likeness (QED) is 0.844. The lowest BCUT2D eigenvalue weighted by Gasteiger charge is -2.35. The van der Waals surface area contributed by atoms with Crippen LogP contribution in [0.25, 0.3) is 0 Å². The number of rotatable bonds is 4. The number of nitrogens with zero attached hydrogens (tertiary/aromatic N) is 4. The molecule has 0 aromatic carbocycles. The number of amides is 1. The van der Waals surface area contributed by atoms with E-state index in [0.29, 0.717) is 18.5 Å². The fourth-order valence-corrected chi connectivity index (χ4v) is 3.74. The number of aromatic nitrogens is 2. The molecule has 0 radical (unpaired) electrons. The van der Waals surface area contributed by atoms with E-state index in [9.17, 15) is 4.79 Å². The molecule has 5 nitrogen and oxygen atoms in total. The number of hydrogen-bond acceptors (Lipinski definition) is 3. The molecule has 21 heavy (non-hydrogen) atoms. The summed E-state index contributed by atoms with van der Waals surface area (Å²) in [5.74, 6) is 0.870. The van der Waals surface area contributed by atoms with E-state index >= 15 is 0 Å². The average Bonchev–Trinajstić information content (AvgIpc) is 2.69. The van der Waals surface area contributed by atoms with E-state index in [4.69, 9.17) is 0 Å². The Labute approximate surface area is 126 Å². The van der Waals surface area contributed by atoms with Crippen LogP contribution in [-0.2, 0) is 11.3 Å². The average molecular weight is 290 g/mol. The zero-order valence-corrected chi connectivity index (χ0v) is 13.2. The largest absolute Gasteiger partial charge is 0.339 e. The van der Waals surface area contributed by atoms with Crippen LogP contribution in [0.3, 0.4) is 0 Å². The molecule has 3 saturated heterocycles. The molecule has 5 heteroatoms. The lowest BCUT2D eigenvalue weighted by Crippen LogP contribution is -2.45. The number of hydrogen-bond donors (Lipinski definition) is 0. The van der Waals surface area contributed by atoms with E-state index in [1.54, 1.807) is 10.9 Å². The number of aryl methyl sites for hydroxylation is 1. The van der Waals surface area contributed by atoms with Crippen molar-refractivity contribution in [2.24, 2.45) is 5.92 Å². The van der Waals surface area contributed by atoms with Gasteiger partial charge < -0.3 is 4.90 Å². The number of piperidine rings is 1. The molecular weight excluding hydrogens is 264 g/mol. The van der Waals surface area contributed by atoms with Crippen molar-refractivity contribution in [3.05, 3.63) is 18.0 Å². The Morgan fingerprint density at radius 1 is 1.33 bits per heavy atom. The van der Waals surface area contributed by atoms with Crippen molar-refractivity contribution in [3.63, 3.8) is 0 Å².